The summed E-state index contributed by atoms with van der Waals surface area (Å²) in [6.45, 7) is 0. The smallest absolute Gasteiger partial charge is 0.264 e. The topological polar surface area (TPSA) is 97.2 Å². The van der Waals surface area contributed by atoms with Gasteiger partial charge >= 0.3 is 0 Å². The summed E-state index contributed by atoms with van der Waals surface area (Å²) >= 11 is 1.52. The number of amides is 1. The maximum absolute atomic E-state index is 13.3. The zero-order valence-electron chi connectivity index (χ0n) is 20.0. The zero-order chi connectivity index (χ0) is 25.6. The van der Waals surface area contributed by atoms with Gasteiger partial charge in [0, 0.05) is 18.2 Å². The molecule has 0 fully saturated rings. The van der Waals surface area contributed by atoms with E-state index in [2.05, 4.69) is 5.32 Å². The van der Waals surface area contributed by atoms with E-state index < -0.39 is 10.0 Å². The van der Waals surface area contributed by atoms with Crippen LogP contribution in [0.5, 0.6) is 0 Å². The van der Waals surface area contributed by atoms with E-state index in [1.807, 2.05) is 30.3 Å². The molecular formula is C27H23N5O3S2. The van der Waals surface area contributed by atoms with Gasteiger partial charge in [-0.2, -0.15) is 9.78 Å². The molecule has 1 aliphatic rings. The van der Waals surface area contributed by atoms with Crippen LogP contribution in [0.4, 0.5) is 11.5 Å². The average Bonchev–Trinajstić information content (AvgIpc) is 3.64. The summed E-state index contributed by atoms with van der Waals surface area (Å²) in [4.78, 5) is 18.1. The molecule has 0 saturated carbocycles. The third-order valence-electron chi connectivity index (χ3n) is 6.50. The van der Waals surface area contributed by atoms with Crippen molar-refractivity contribution in [1.82, 2.24) is 14.8 Å². The molecule has 10 heteroatoms. The third kappa shape index (κ3) is 4.17. The second-order valence-corrected chi connectivity index (χ2v) is 11.8. The number of carbonyl (C=O) groups is 1. The summed E-state index contributed by atoms with van der Waals surface area (Å²) < 4.78 is 30.2. The van der Waals surface area contributed by atoms with Gasteiger partial charge in [-0.25, -0.2) is 13.4 Å². The summed E-state index contributed by atoms with van der Waals surface area (Å²) in [6.07, 6.45) is 2.68. The van der Waals surface area contributed by atoms with E-state index in [1.54, 1.807) is 28.9 Å². The molecule has 1 amide bonds. The molecule has 186 valence electrons. The number of aromatic nitrogens is 3. The van der Waals surface area contributed by atoms with Crippen LogP contribution in [0.25, 0.3) is 15.3 Å². The van der Waals surface area contributed by atoms with Crippen molar-refractivity contribution in [3.63, 3.8) is 0 Å². The summed E-state index contributed by atoms with van der Waals surface area (Å²) in [5, 5.41) is 8.48. The molecular weight excluding hydrogens is 506 g/mol. The predicted octanol–water partition coefficient (Wildman–Crippen LogP) is 5.05. The van der Waals surface area contributed by atoms with Crippen LogP contribution in [0.1, 0.15) is 28.0 Å². The molecule has 0 unspecified atom stereocenters. The number of nitrogens with one attached hydrogen (secondary N) is 1. The van der Waals surface area contributed by atoms with Crippen molar-refractivity contribution in [3.8, 4) is 5.13 Å². The maximum atomic E-state index is 13.3. The number of para-hydroxylation sites is 2. The first-order valence-electron chi connectivity index (χ1n) is 11.8. The van der Waals surface area contributed by atoms with Crippen LogP contribution in [-0.2, 0) is 22.9 Å². The third-order valence-corrected chi connectivity index (χ3v) is 9.31. The molecule has 0 atom stereocenters. The van der Waals surface area contributed by atoms with Gasteiger partial charge in [0.05, 0.1) is 26.5 Å². The minimum Gasteiger partial charge on any atom is -0.306 e. The molecule has 2 aromatic heterocycles. The van der Waals surface area contributed by atoms with E-state index in [-0.39, 0.29) is 10.8 Å². The molecule has 8 nitrogen and oxygen atoms in total. The van der Waals surface area contributed by atoms with Gasteiger partial charge in [-0.05, 0) is 67.8 Å². The zero-order valence-corrected chi connectivity index (χ0v) is 21.6. The highest BCUT2D eigenvalue weighted by molar-refractivity contribution is 7.92. The maximum Gasteiger partial charge on any atom is 0.264 e. The largest absolute Gasteiger partial charge is 0.306 e. The monoisotopic (exact) mass is 529 g/mol. The Kier molecular flexibility index (Phi) is 5.77. The van der Waals surface area contributed by atoms with Gasteiger partial charge in [0.25, 0.3) is 15.9 Å². The highest BCUT2D eigenvalue weighted by Gasteiger charge is 2.26. The lowest BCUT2D eigenvalue weighted by Gasteiger charge is -2.19. The normalized spacial score (nSPS) is 13.0. The first-order valence-corrected chi connectivity index (χ1v) is 14.1. The van der Waals surface area contributed by atoms with Gasteiger partial charge < -0.3 is 5.32 Å². The summed E-state index contributed by atoms with van der Waals surface area (Å²) in [6, 6.07) is 22.7. The second kappa shape index (κ2) is 9.13. The lowest BCUT2D eigenvalue weighted by molar-refractivity contribution is 0.102. The molecule has 0 aliphatic heterocycles. The van der Waals surface area contributed by atoms with Crippen LogP contribution < -0.4 is 9.62 Å². The number of hydrogen-bond donors (Lipinski definition) is 1. The number of hydrogen-bond acceptors (Lipinski definition) is 6. The van der Waals surface area contributed by atoms with Crippen molar-refractivity contribution in [2.24, 2.45) is 0 Å². The molecule has 6 rings (SSSR count). The number of carbonyl (C=O) groups excluding carboxylic acids is 1. The van der Waals surface area contributed by atoms with Gasteiger partial charge in [0.15, 0.2) is 0 Å². The molecule has 3 aromatic carbocycles. The molecule has 0 saturated heterocycles. The lowest BCUT2D eigenvalue weighted by atomic mass is 10.2. The van der Waals surface area contributed by atoms with Crippen molar-refractivity contribution < 1.29 is 13.2 Å². The fraction of sp³-hybridized carbons (Fsp3) is 0.148. The number of anilines is 2. The number of sulfonamides is 1. The van der Waals surface area contributed by atoms with Crippen LogP contribution in [-0.4, -0.2) is 36.1 Å². The summed E-state index contributed by atoms with van der Waals surface area (Å²) in [7, 11) is -2.26. The van der Waals surface area contributed by atoms with Gasteiger partial charge in [0.1, 0.15) is 5.82 Å². The fourth-order valence-corrected chi connectivity index (χ4v) is 6.62. The number of benzene rings is 3. The van der Waals surface area contributed by atoms with Crippen LogP contribution in [0.3, 0.4) is 0 Å². The number of rotatable bonds is 6. The van der Waals surface area contributed by atoms with Crippen LogP contribution in [0, 0.1) is 0 Å². The molecule has 1 aliphatic carbocycles. The lowest BCUT2D eigenvalue weighted by Crippen LogP contribution is -2.26. The van der Waals surface area contributed by atoms with Gasteiger partial charge in [-0.3, -0.25) is 9.10 Å². The van der Waals surface area contributed by atoms with Crippen LogP contribution in [0.2, 0.25) is 0 Å². The van der Waals surface area contributed by atoms with Gasteiger partial charge in [-0.15, -0.1) is 0 Å². The first kappa shape index (κ1) is 23.4. The van der Waals surface area contributed by atoms with E-state index in [4.69, 9.17) is 10.1 Å². The van der Waals surface area contributed by atoms with E-state index in [9.17, 15) is 13.2 Å². The Morgan fingerprint density at radius 1 is 0.973 bits per heavy atom. The molecule has 2 heterocycles. The van der Waals surface area contributed by atoms with Crippen molar-refractivity contribution in [3.05, 3.63) is 95.7 Å². The Morgan fingerprint density at radius 3 is 2.46 bits per heavy atom. The molecule has 0 spiro atoms. The second-order valence-electron chi connectivity index (χ2n) is 8.79. The summed E-state index contributed by atoms with van der Waals surface area (Å²) in [5.41, 5.74) is 3.79. The van der Waals surface area contributed by atoms with Crippen LogP contribution in [0.15, 0.2) is 83.8 Å². The highest BCUT2D eigenvalue weighted by Crippen LogP contribution is 2.34. The fourth-order valence-electron chi connectivity index (χ4n) is 4.50. The van der Waals surface area contributed by atoms with E-state index in [0.29, 0.717) is 22.2 Å². The molecule has 0 bridgehead atoms. The SMILES string of the molecule is CN(c1ccccc1)S(=O)(=O)c1ccc(C(=O)Nc2c3c(nn2-c2nc4ccccc4s2)CCC3)cc1. The quantitative estimate of drug-likeness (QED) is 0.332. The van der Waals surface area contributed by atoms with Gasteiger partial charge in [0.2, 0.25) is 5.13 Å². The Morgan fingerprint density at radius 2 is 1.70 bits per heavy atom. The Labute approximate surface area is 218 Å². The van der Waals surface area contributed by atoms with Crippen molar-refractivity contribution in [1.29, 1.82) is 0 Å². The van der Waals surface area contributed by atoms with Crippen molar-refractivity contribution >= 4 is 49.0 Å². The van der Waals surface area contributed by atoms with E-state index in [1.165, 1.54) is 47.0 Å². The summed E-state index contributed by atoms with van der Waals surface area (Å²) in [5.74, 6) is 0.286. The Bertz CT molecular complexity index is 1690. The molecule has 1 N–H and O–H groups in total. The minimum absolute atomic E-state index is 0.107. The van der Waals surface area contributed by atoms with Gasteiger partial charge in [-0.1, -0.05) is 41.7 Å². The number of fused-ring (bicyclic) bond motifs is 2. The first-order chi connectivity index (χ1) is 17.9. The molecule has 37 heavy (non-hydrogen) atoms. The Hall–Kier alpha value is -4.02. The van der Waals surface area contributed by atoms with Crippen molar-refractivity contribution in [2.45, 2.75) is 24.2 Å². The van der Waals surface area contributed by atoms with E-state index >= 15 is 0 Å². The minimum atomic E-state index is -3.77. The molecule has 0 radical (unpaired) electrons. The number of thiazole rings is 1. The number of aryl methyl sites for hydroxylation is 1. The van der Waals surface area contributed by atoms with Crippen molar-refractivity contribution in [2.75, 3.05) is 16.7 Å². The average molecular weight is 530 g/mol. The highest BCUT2D eigenvalue weighted by atomic mass is 32.2. The number of nitrogens with zero attached hydrogens (tertiary/aromatic N) is 4. The standard InChI is InChI=1S/C27H23N5O3S2/c1-31(19-8-3-2-4-9-19)37(34,35)20-16-14-18(15-17-20)26(33)29-25-21-10-7-12-22(21)30-32(25)27-28-23-11-5-6-13-24(23)36-27/h2-6,8-9,11,13-17H,7,10,12H2,1H3,(H,29,33). The molecule has 5 aromatic rings. The van der Waals surface area contributed by atoms with Crippen LogP contribution >= 0.6 is 11.3 Å². The Balaban J connectivity index is 1.28. The predicted molar refractivity (Wildman–Crippen MR) is 145 cm³/mol. The van der Waals surface area contributed by atoms with E-state index in [0.717, 1.165) is 40.7 Å².